The highest BCUT2D eigenvalue weighted by atomic mass is 32.1. The van der Waals surface area contributed by atoms with Crippen molar-refractivity contribution in [3.63, 3.8) is 0 Å². The third-order valence-corrected chi connectivity index (χ3v) is 6.21. The average Bonchev–Trinajstić information content (AvgIpc) is 3.42. The maximum atomic E-state index is 6.63. The topological polar surface area (TPSA) is 115 Å². The zero-order chi connectivity index (χ0) is 18.3. The van der Waals surface area contributed by atoms with Crippen molar-refractivity contribution >= 4 is 34.6 Å². The fourth-order valence-corrected chi connectivity index (χ4v) is 4.59. The Bertz CT molecular complexity index is 978. The molecule has 0 aromatic carbocycles. The van der Waals surface area contributed by atoms with Crippen LogP contribution < -0.4 is 16.4 Å². The molecule has 1 atom stereocenters. The largest absolute Gasteiger partial charge is 0.363 e. The Balaban J connectivity index is 1.40. The first-order valence-corrected chi connectivity index (χ1v) is 9.79. The molecule has 2 aliphatic rings. The number of aromatic nitrogens is 4. The van der Waals surface area contributed by atoms with E-state index in [9.17, 15) is 0 Å². The highest BCUT2D eigenvalue weighted by Crippen LogP contribution is 2.39. The van der Waals surface area contributed by atoms with Crippen LogP contribution in [0.4, 0.5) is 17.2 Å². The number of nitrogens with one attached hydrogen (secondary N) is 2. The van der Waals surface area contributed by atoms with Gasteiger partial charge in [-0.15, -0.1) is 10.2 Å². The summed E-state index contributed by atoms with van der Waals surface area (Å²) in [5.74, 6) is 1.15. The number of fused-ring (bicyclic) bond motifs is 1. The number of pyridine rings is 1. The van der Waals surface area contributed by atoms with Gasteiger partial charge in [-0.1, -0.05) is 29.3 Å². The lowest BCUT2D eigenvalue weighted by Crippen LogP contribution is -2.44. The number of nitrogens with zero attached hydrogens (tertiary/aromatic N) is 4. The van der Waals surface area contributed by atoms with Crippen LogP contribution in [0.5, 0.6) is 0 Å². The summed E-state index contributed by atoms with van der Waals surface area (Å²) in [6, 6.07) is 3.69. The zero-order valence-electron chi connectivity index (χ0n) is 14.6. The van der Waals surface area contributed by atoms with E-state index in [4.69, 9.17) is 10.3 Å². The highest BCUT2D eigenvalue weighted by Gasteiger charge is 2.33. The third kappa shape index (κ3) is 3.08. The first-order valence-electron chi connectivity index (χ1n) is 8.97. The van der Waals surface area contributed by atoms with Crippen molar-refractivity contribution in [1.82, 2.24) is 20.3 Å². The summed E-state index contributed by atoms with van der Waals surface area (Å²) >= 11 is 1.60. The molecule has 1 unspecified atom stereocenters. The number of hydrogen-bond donors (Lipinski definition) is 3. The van der Waals surface area contributed by atoms with E-state index in [0.29, 0.717) is 11.7 Å². The van der Waals surface area contributed by atoms with Crippen LogP contribution in [0.2, 0.25) is 0 Å². The number of nitrogens with two attached hydrogens (primary N) is 1. The molecular formula is C18H19N7OS. The normalized spacial score (nSPS) is 21.8. The Morgan fingerprint density at radius 3 is 3.00 bits per heavy atom. The molecule has 0 radical (unpaired) electrons. The number of rotatable bonds is 4. The molecule has 27 heavy (non-hydrogen) atoms. The van der Waals surface area contributed by atoms with Crippen LogP contribution in [0.1, 0.15) is 47.3 Å². The molecule has 1 aliphatic carbocycles. The monoisotopic (exact) mass is 381 g/mol. The summed E-state index contributed by atoms with van der Waals surface area (Å²) in [5, 5.41) is 21.0. The van der Waals surface area contributed by atoms with E-state index >= 15 is 0 Å². The van der Waals surface area contributed by atoms with E-state index in [1.807, 2.05) is 18.2 Å². The quantitative estimate of drug-likeness (QED) is 0.628. The predicted molar refractivity (Wildman–Crippen MR) is 104 cm³/mol. The standard InChI is InChI=1S/C18H19N7OS/c19-18(17-24-23-16(27-17)11-3-1-2-4-11)7-5-13-14(22-18)9-12(10-20-13)21-15-6-8-26-25-15/h5-11,22H,1-4,19H2,(H,21,25). The molecule has 1 saturated carbocycles. The Kier molecular flexibility index (Phi) is 3.91. The van der Waals surface area contributed by atoms with Gasteiger partial charge >= 0.3 is 0 Å². The van der Waals surface area contributed by atoms with Crippen molar-refractivity contribution < 1.29 is 4.52 Å². The van der Waals surface area contributed by atoms with Gasteiger partial charge in [-0.3, -0.25) is 10.7 Å². The molecular weight excluding hydrogens is 362 g/mol. The van der Waals surface area contributed by atoms with Crippen LogP contribution in [0.25, 0.3) is 6.08 Å². The molecule has 1 aliphatic heterocycles. The summed E-state index contributed by atoms with van der Waals surface area (Å²) in [6.07, 6.45) is 12.0. The van der Waals surface area contributed by atoms with E-state index in [1.54, 1.807) is 23.6 Å². The van der Waals surface area contributed by atoms with Crippen LogP contribution in [0.15, 0.2) is 35.2 Å². The summed E-state index contributed by atoms with van der Waals surface area (Å²) in [4.78, 5) is 4.47. The second kappa shape index (κ2) is 6.43. The minimum atomic E-state index is -0.893. The lowest BCUT2D eigenvalue weighted by Gasteiger charge is -2.30. The summed E-state index contributed by atoms with van der Waals surface area (Å²) in [6.45, 7) is 0. The van der Waals surface area contributed by atoms with E-state index < -0.39 is 5.66 Å². The second-order valence-corrected chi connectivity index (χ2v) is 7.93. The van der Waals surface area contributed by atoms with Gasteiger partial charge < -0.3 is 15.2 Å². The molecule has 138 valence electrons. The van der Waals surface area contributed by atoms with Crippen LogP contribution in [0.3, 0.4) is 0 Å². The summed E-state index contributed by atoms with van der Waals surface area (Å²) in [7, 11) is 0. The smallest absolute Gasteiger partial charge is 0.173 e. The van der Waals surface area contributed by atoms with Crippen molar-refractivity contribution in [3.05, 3.63) is 46.4 Å². The van der Waals surface area contributed by atoms with E-state index in [2.05, 4.69) is 31.0 Å². The van der Waals surface area contributed by atoms with Gasteiger partial charge in [0.05, 0.1) is 23.3 Å². The minimum Gasteiger partial charge on any atom is -0.363 e. The van der Waals surface area contributed by atoms with E-state index in [1.165, 1.54) is 31.9 Å². The number of hydrogen-bond acceptors (Lipinski definition) is 9. The van der Waals surface area contributed by atoms with Crippen LogP contribution in [-0.2, 0) is 5.66 Å². The first-order chi connectivity index (χ1) is 13.2. The highest BCUT2D eigenvalue weighted by molar-refractivity contribution is 7.11. The predicted octanol–water partition coefficient (Wildman–Crippen LogP) is 3.57. The fraction of sp³-hybridized carbons (Fsp3) is 0.333. The molecule has 1 fully saturated rings. The van der Waals surface area contributed by atoms with E-state index in [0.717, 1.165) is 27.1 Å². The van der Waals surface area contributed by atoms with Gasteiger partial charge in [0, 0.05) is 12.0 Å². The molecule has 5 rings (SSSR count). The van der Waals surface area contributed by atoms with Gasteiger partial charge in [0.15, 0.2) is 16.5 Å². The Morgan fingerprint density at radius 1 is 1.30 bits per heavy atom. The van der Waals surface area contributed by atoms with Crippen LogP contribution in [-0.4, -0.2) is 20.3 Å². The van der Waals surface area contributed by atoms with Gasteiger partial charge in [0.2, 0.25) is 0 Å². The molecule has 4 N–H and O–H groups in total. The fourth-order valence-electron chi connectivity index (χ4n) is 3.54. The molecule has 0 bridgehead atoms. The Hall–Kier alpha value is -2.78. The maximum absolute atomic E-state index is 6.63. The first kappa shape index (κ1) is 16.4. The maximum Gasteiger partial charge on any atom is 0.173 e. The van der Waals surface area contributed by atoms with Crippen LogP contribution in [0, 0.1) is 0 Å². The van der Waals surface area contributed by atoms with E-state index in [-0.39, 0.29) is 0 Å². The molecule has 3 aromatic rings. The third-order valence-electron chi connectivity index (χ3n) is 4.97. The second-order valence-electron chi connectivity index (χ2n) is 6.92. The molecule has 0 spiro atoms. The minimum absolute atomic E-state index is 0.527. The summed E-state index contributed by atoms with van der Waals surface area (Å²) < 4.78 is 4.84. The van der Waals surface area contributed by atoms with Crippen molar-refractivity contribution in [2.45, 2.75) is 37.3 Å². The zero-order valence-corrected chi connectivity index (χ0v) is 15.4. The van der Waals surface area contributed by atoms with Gasteiger partial charge in [-0.05, 0) is 31.1 Å². The molecule has 4 heterocycles. The molecule has 0 saturated heterocycles. The Labute approximate surface area is 159 Å². The SMILES string of the molecule is NC1(c2nnc(C3CCCC3)s2)C=Cc2ncc(Nc3ccon3)cc2N1. The van der Waals surface area contributed by atoms with Gasteiger partial charge in [-0.2, -0.15) is 0 Å². The summed E-state index contributed by atoms with van der Waals surface area (Å²) in [5.41, 5.74) is 8.17. The van der Waals surface area contributed by atoms with Crippen molar-refractivity contribution in [3.8, 4) is 0 Å². The lowest BCUT2D eigenvalue weighted by atomic mass is 10.1. The number of anilines is 3. The average molecular weight is 381 g/mol. The van der Waals surface area contributed by atoms with Gasteiger partial charge in [-0.25, -0.2) is 0 Å². The van der Waals surface area contributed by atoms with Crippen LogP contribution >= 0.6 is 11.3 Å². The van der Waals surface area contributed by atoms with Crippen molar-refractivity contribution in [1.29, 1.82) is 0 Å². The molecule has 8 nitrogen and oxygen atoms in total. The van der Waals surface area contributed by atoms with Gasteiger partial charge in [0.25, 0.3) is 0 Å². The molecule has 0 amide bonds. The molecule has 3 aromatic heterocycles. The van der Waals surface area contributed by atoms with Gasteiger partial charge in [0.1, 0.15) is 11.3 Å². The lowest BCUT2D eigenvalue weighted by molar-refractivity contribution is 0.423. The Morgan fingerprint density at radius 2 is 2.19 bits per heavy atom. The van der Waals surface area contributed by atoms with Crippen molar-refractivity contribution in [2.75, 3.05) is 10.6 Å². The molecule has 9 heteroatoms. The van der Waals surface area contributed by atoms with Crippen molar-refractivity contribution in [2.24, 2.45) is 5.73 Å².